The predicted molar refractivity (Wildman–Crippen MR) is 83.3 cm³/mol. The number of carbonyl (C=O) groups is 1. The summed E-state index contributed by atoms with van der Waals surface area (Å²) >= 11 is 0. The molecule has 0 aliphatic heterocycles. The zero-order valence-electron chi connectivity index (χ0n) is 13.6. The summed E-state index contributed by atoms with van der Waals surface area (Å²) in [5.41, 5.74) is 3.21. The summed E-state index contributed by atoms with van der Waals surface area (Å²) in [6, 6.07) is 2.49. The Hall–Kier alpha value is -1.09. The van der Waals surface area contributed by atoms with E-state index in [-0.39, 0.29) is 5.78 Å². The molecule has 0 spiro atoms. The molecule has 3 heteroatoms. The number of rotatable bonds is 7. The van der Waals surface area contributed by atoms with Gasteiger partial charge in [-0.2, -0.15) is 0 Å². The minimum Gasteiger partial charge on any atom is -0.349 e. The van der Waals surface area contributed by atoms with E-state index in [4.69, 9.17) is 0 Å². The molecule has 2 rings (SSSR count). The van der Waals surface area contributed by atoms with E-state index < -0.39 is 0 Å². The molecule has 1 heterocycles. The molecule has 0 unspecified atom stereocenters. The van der Waals surface area contributed by atoms with Gasteiger partial charge in [-0.05, 0) is 59.4 Å². The van der Waals surface area contributed by atoms with Crippen LogP contribution in [0.1, 0.15) is 55.4 Å². The lowest BCUT2D eigenvalue weighted by atomic mass is 10.1. The van der Waals surface area contributed by atoms with Crippen LogP contribution in [0.2, 0.25) is 0 Å². The third kappa shape index (κ3) is 3.32. The number of carbonyl (C=O) groups excluding carboxylic acids is 1. The van der Waals surface area contributed by atoms with Crippen LogP contribution in [0.15, 0.2) is 6.07 Å². The highest BCUT2D eigenvalue weighted by Gasteiger charge is 2.27. The Morgan fingerprint density at radius 2 is 2.05 bits per heavy atom. The largest absolute Gasteiger partial charge is 0.349 e. The predicted octanol–water partition coefficient (Wildman–Crippen LogP) is 3.43. The summed E-state index contributed by atoms with van der Waals surface area (Å²) in [5, 5.41) is 0. The molecule has 1 aromatic rings. The fourth-order valence-corrected chi connectivity index (χ4v) is 2.93. The summed E-state index contributed by atoms with van der Waals surface area (Å²) in [4.78, 5) is 14.9. The Morgan fingerprint density at radius 3 is 2.50 bits per heavy atom. The smallest absolute Gasteiger partial charge is 0.178 e. The average molecular weight is 276 g/mol. The van der Waals surface area contributed by atoms with Crippen molar-refractivity contribution in [1.82, 2.24) is 9.47 Å². The van der Waals surface area contributed by atoms with E-state index in [0.29, 0.717) is 12.6 Å². The van der Waals surface area contributed by atoms with Crippen LogP contribution < -0.4 is 0 Å². The molecule has 0 atom stereocenters. The highest BCUT2D eigenvalue weighted by molar-refractivity contribution is 5.99. The van der Waals surface area contributed by atoms with E-state index in [1.165, 1.54) is 18.5 Å². The molecule has 112 valence electrons. The van der Waals surface area contributed by atoms with E-state index in [2.05, 4.69) is 50.2 Å². The summed E-state index contributed by atoms with van der Waals surface area (Å²) in [6.07, 6.45) is 2.67. The quantitative estimate of drug-likeness (QED) is 0.713. The normalized spacial score (nSPS) is 15.3. The molecule has 0 saturated heterocycles. The van der Waals surface area contributed by atoms with Crippen LogP contribution in [-0.4, -0.2) is 34.4 Å². The summed E-state index contributed by atoms with van der Waals surface area (Å²) in [7, 11) is 0. The van der Waals surface area contributed by atoms with E-state index in [1.807, 2.05) is 0 Å². The molecule has 1 aromatic heterocycles. The summed E-state index contributed by atoms with van der Waals surface area (Å²) in [6.45, 7) is 13.2. The van der Waals surface area contributed by atoms with Crippen molar-refractivity contribution in [2.75, 3.05) is 13.1 Å². The van der Waals surface area contributed by atoms with Gasteiger partial charge < -0.3 is 4.57 Å². The fourth-order valence-electron chi connectivity index (χ4n) is 2.93. The van der Waals surface area contributed by atoms with E-state index in [9.17, 15) is 4.79 Å². The van der Waals surface area contributed by atoms with Crippen molar-refractivity contribution in [2.45, 2.75) is 60.0 Å². The second kappa shape index (κ2) is 6.13. The standard InChI is InChI=1S/C17H28N2O/c1-6-19-13(4)9-16(14(19)5)17(20)11-18(12(2)3)10-15-7-8-15/h9,12,15H,6-8,10-11H2,1-5H3. The van der Waals surface area contributed by atoms with Crippen molar-refractivity contribution in [3.63, 3.8) is 0 Å². The first kappa shape index (κ1) is 15.3. The maximum Gasteiger partial charge on any atom is 0.178 e. The molecular formula is C17H28N2O. The molecule has 0 amide bonds. The Balaban J connectivity index is 2.09. The van der Waals surface area contributed by atoms with Crippen molar-refractivity contribution < 1.29 is 4.79 Å². The van der Waals surface area contributed by atoms with E-state index >= 15 is 0 Å². The SMILES string of the molecule is CCn1c(C)cc(C(=O)CN(CC2CC2)C(C)C)c1C. The molecule has 20 heavy (non-hydrogen) atoms. The molecule has 0 N–H and O–H groups in total. The lowest BCUT2D eigenvalue weighted by Crippen LogP contribution is -2.37. The van der Waals surface area contributed by atoms with Crippen LogP contribution in [0.25, 0.3) is 0 Å². The number of hydrogen-bond donors (Lipinski definition) is 0. The molecule has 1 aliphatic rings. The number of nitrogens with zero attached hydrogens (tertiary/aromatic N) is 2. The first-order chi connectivity index (χ1) is 9.43. The number of aromatic nitrogens is 1. The van der Waals surface area contributed by atoms with E-state index in [1.54, 1.807) is 0 Å². The molecule has 0 aromatic carbocycles. The minimum atomic E-state index is 0.271. The van der Waals surface area contributed by atoms with Gasteiger partial charge in [0.25, 0.3) is 0 Å². The third-order valence-corrected chi connectivity index (χ3v) is 4.46. The fraction of sp³-hybridized carbons (Fsp3) is 0.706. The zero-order valence-corrected chi connectivity index (χ0v) is 13.6. The van der Waals surface area contributed by atoms with Crippen LogP contribution in [0.4, 0.5) is 0 Å². The van der Waals surface area contributed by atoms with Crippen LogP contribution in [0.3, 0.4) is 0 Å². The van der Waals surface area contributed by atoms with Crippen molar-refractivity contribution in [2.24, 2.45) is 5.92 Å². The lowest BCUT2D eigenvalue weighted by molar-refractivity contribution is 0.0900. The Morgan fingerprint density at radius 1 is 1.40 bits per heavy atom. The first-order valence-corrected chi connectivity index (χ1v) is 7.88. The second-order valence-corrected chi connectivity index (χ2v) is 6.42. The Labute approximate surface area is 123 Å². The number of hydrogen-bond acceptors (Lipinski definition) is 2. The monoisotopic (exact) mass is 276 g/mol. The van der Waals surface area contributed by atoms with Crippen LogP contribution >= 0.6 is 0 Å². The topological polar surface area (TPSA) is 25.2 Å². The third-order valence-electron chi connectivity index (χ3n) is 4.46. The maximum absolute atomic E-state index is 12.6. The summed E-state index contributed by atoms with van der Waals surface area (Å²) in [5.74, 6) is 1.10. The van der Waals surface area contributed by atoms with Crippen molar-refractivity contribution in [3.8, 4) is 0 Å². The Bertz CT molecular complexity index is 483. The van der Waals surface area contributed by atoms with Gasteiger partial charge in [-0.15, -0.1) is 0 Å². The molecule has 1 fully saturated rings. The van der Waals surface area contributed by atoms with Gasteiger partial charge in [-0.3, -0.25) is 9.69 Å². The average Bonchev–Trinajstić information content (AvgIpc) is 3.14. The Kier molecular flexibility index (Phi) is 4.69. The maximum atomic E-state index is 12.6. The number of Topliss-reactive ketones (excluding diaryl/α,β-unsaturated/α-hetero) is 1. The molecule has 0 radical (unpaired) electrons. The van der Waals surface area contributed by atoms with Crippen LogP contribution in [0, 0.1) is 19.8 Å². The molecular weight excluding hydrogens is 248 g/mol. The lowest BCUT2D eigenvalue weighted by Gasteiger charge is -2.25. The van der Waals surface area contributed by atoms with E-state index in [0.717, 1.165) is 30.3 Å². The van der Waals surface area contributed by atoms with Gasteiger partial charge in [0.2, 0.25) is 0 Å². The van der Waals surface area contributed by atoms with Gasteiger partial charge in [0.1, 0.15) is 0 Å². The number of aryl methyl sites for hydroxylation is 1. The van der Waals surface area contributed by atoms with Crippen molar-refractivity contribution >= 4 is 5.78 Å². The second-order valence-electron chi connectivity index (χ2n) is 6.42. The zero-order chi connectivity index (χ0) is 14.9. The van der Waals surface area contributed by atoms with Crippen molar-refractivity contribution in [1.29, 1.82) is 0 Å². The van der Waals surface area contributed by atoms with Gasteiger partial charge >= 0.3 is 0 Å². The summed E-state index contributed by atoms with van der Waals surface area (Å²) < 4.78 is 2.22. The van der Waals surface area contributed by atoms with Gasteiger partial charge in [0, 0.05) is 36.1 Å². The molecule has 0 bridgehead atoms. The molecule has 1 aliphatic carbocycles. The minimum absolute atomic E-state index is 0.271. The van der Waals surface area contributed by atoms with Gasteiger partial charge in [-0.1, -0.05) is 0 Å². The number of ketones is 1. The van der Waals surface area contributed by atoms with Crippen LogP contribution in [0.5, 0.6) is 0 Å². The van der Waals surface area contributed by atoms with Gasteiger partial charge in [0.05, 0.1) is 6.54 Å². The highest BCUT2D eigenvalue weighted by Crippen LogP contribution is 2.30. The van der Waals surface area contributed by atoms with Crippen LogP contribution in [-0.2, 0) is 6.54 Å². The first-order valence-electron chi connectivity index (χ1n) is 7.88. The molecule has 3 nitrogen and oxygen atoms in total. The van der Waals surface area contributed by atoms with Crippen molar-refractivity contribution in [3.05, 3.63) is 23.0 Å². The van der Waals surface area contributed by atoms with Gasteiger partial charge in [0.15, 0.2) is 5.78 Å². The highest BCUT2D eigenvalue weighted by atomic mass is 16.1. The van der Waals surface area contributed by atoms with Gasteiger partial charge in [-0.25, -0.2) is 0 Å². The molecule has 1 saturated carbocycles.